The van der Waals surface area contributed by atoms with Crippen LogP contribution in [-0.2, 0) is 0 Å². The van der Waals surface area contributed by atoms with Crippen LogP contribution in [0.3, 0.4) is 0 Å². The van der Waals surface area contributed by atoms with Gasteiger partial charge in [0.2, 0.25) is 0 Å². The third-order valence-electron chi connectivity index (χ3n) is 11.4. The molecule has 56 heavy (non-hydrogen) atoms. The summed E-state index contributed by atoms with van der Waals surface area (Å²) in [5.41, 5.74) is 12.0. The van der Waals surface area contributed by atoms with Crippen molar-refractivity contribution in [3.8, 4) is 27.9 Å². The number of nitrogens with one attached hydrogen (secondary N) is 2. The Hall–Kier alpha value is -6.53. The lowest BCUT2D eigenvalue weighted by atomic mass is 9.97. The maximum atomic E-state index is 5.14. The van der Waals surface area contributed by atoms with E-state index in [4.69, 9.17) is 4.99 Å². The molecule has 0 fully saturated rings. The van der Waals surface area contributed by atoms with Gasteiger partial charge >= 0.3 is 0 Å². The summed E-state index contributed by atoms with van der Waals surface area (Å²) in [6.45, 7) is 0. The number of para-hydroxylation sites is 1. The summed E-state index contributed by atoms with van der Waals surface area (Å²) in [6, 6.07) is 59.6. The zero-order valence-corrected chi connectivity index (χ0v) is 31.5. The molecule has 2 aromatic heterocycles. The van der Waals surface area contributed by atoms with Gasteiger partial charge in [0.1, 0.15) is 18.2 Å². The number of nitrogens with zero attached hydrogens (tertiary/aromatic N) is 2. The predicted molar refractivity (Wildman–Crippen MR) is 237 cm³/mol. The van der Waals surface area contributed by atoms with Crippen LogP contribution in [-0.4, -0.2) is 16.6 Å². The minimum absolute atomic E-state index is 0.0861. The fourth-order valence-corrected chi connectivity index (χ4v) is 9.87. The standard InChI is InChI=1S/C51H38N4S/c1-3-14-34(15-4-1)49-52-50(35-16-5-2-6-17-35)54-51(53-49)36-30-28-33(29-31-36)39-22-12-25-44-47(39)41-20-7-9-24-43(41)55(44)38-19-11-18-37(32-38)40-23-13-27-46-48(40)42-21-8-10-26-45(42)56-46/h1-5,7-16,18-32,50-51,54H,6,17H2,(H,52,53)/t50?,51-/m0/s1. The lowest BCUT2D eigenvalue weighted by molar-refractivity contribution is 0.425. The normalized spacial score (nSPS) is 17.0. The summed E-state index contributed by atoms with van der Waals surface area (Å²) in [6.07, 6.45) is 8.49. The molecule has 2 aliphatic rings. The van der Waals surface area contributed by atoms with Crippen molar-refractivity contribution >= 4 is 59.2 Å². The maximum Gasteiger partial charge on any atom is 0.131 e. The van der Waals surface area contributed by atoms with Crippen molar-refractivity contribution in [1.82, 2.24) is 15.2 Å². The molecule has 1 aliphatic carbocycles. The number of hydrogen-bond donors (Lipinski definition) is 2. The van der Waals surface area contributed by atoms with E-state index in [2.05, 4.69) is 197 Å². The molecule has 1 aliphatic heterocycles. The minimum atomic E-state index is -0.0866. The van der Waals surface area contributed by atoms with Crippen LogP contribution in [0.25, 0.3) is 69.9 Å². The summed E-state index contributed by atoms with van der Waals surface area (Å²) in [4.78, 5) is 5.14. The molecule has 1 unspecified atom stereocenters. The van der Waals surface area contributed by atoms with E-state index >= 15 is 0 Å². The molecule has 3 heterocycles. The summed E-state index contributed by atoms with van der Waals surface area (Å²) < 4.78 is 5.08. The molecule has 2 N–H and O–H groups in total. The van der Waals surface area contributed by atoms with Crippen LogP contribution in [0.1, 0.15) is 30.1 Å². The van der Waals surface area contributed by atoms with Crippen molar-refractivity contribution in [3.05, 3.63) is 199 Å². The van der Waals surface area contributed by atoms with Gasteiger partial charge in [0.05, 0.1) is 11.0 Å². The molecular formula is C51H38N4S. The topological polar surface area (TPSA) is 41.4 Å². The van der Waals surface area contributed by atoms with Gasteiger partial charge in [0.25, 0.3) is 0 Å². The Morgan fingerprint density at radius 2 is 1.30 bits per heavy atom. The number of hydrogen-bond acceptors (Lipinski definition) is 4. The minimum Gasteiger partial charge on any atom is -0.350 e. The Bertz CT molecular complexity index is 3040. The number of amidine groups is 1. The molecule has 2 atom stereocenters. The average molecular weight is 739 g/mol. The average Bonchev–Trinajstić information content (AvgIpc) is 3.83. The van der Waals surface area contributed by atoms with Crippen LogP contribution in [0.2, 0.25) is 0 Å². The van der Waals surface area contributed by atoms with Gasteiger partial charge in [0.15, 0.2) is 0 Å². The molecule has 0 spiro atoms. The predicted octanol–water partition coefficient (Wildman–Crippen LogP) is 12.7. The van der Waals surface area contributed by atoms with E-state index in [-0.39, 0.29) is 12.3 Å². The van der Waals surface area contributed by atoms with Gasteiger partial charge in [-0.15, -0.1) is 11.3 Å². The maximum absolute atomic E-state index is 5.14. The highest BCUT2D eigenvalue weighted by molar-refractivity contribution is 7.25. The van der Waals surface area contributed by atoms with Gasteiger partial charge in [-0.25, -0.2) is 4.99 Å². The van der Waals surface area contributed by atoms with Crippen LogP contribution in [0.4, 0.5) is 0 Å². The first-order valence-electron chi connectivity index (χ1n) is 19.4. The van der Waals surface area contributed by atoms with Gasteiger partial charge in [-0.2, -0.15) is 0 Å². The van der Waals surface area contributed by atoms with E-state index in [9.17, 15) is 0 Å². The van der Waals surface area contributed by atoms with E-state index in [1.54, 1.807) is 0 Å². The Kier molecular flexibility index (Phi) is 8.01. The molecule has 7 aromatic carbocycles. The molecule has 0 bridgehead atoms. The number of aromatic nitrogens is 1. The van der Waals surface area contributed by atoms with Crippen molar-refractivity contribution in [1.29, 1.82) is 0 Å². The van der Waals surface area contributed by atoms with E-state index < -0.39 is 0 Å². The van der Waals surface area contributed by atoms with E-state index in [0.29, 0.717) is 0 Å². The smallest absolute Gasteiger partial charge is 0.131 e. The highest BCUT2D eigenvalue weighted by Crippen LogP contribution is 2.42. The number of rotatable bonds is 6. The number of fused-ring (bicyclic) bond motifs is 6. The first-order chi connectivity index (χ1) is 27.8. The van der Waals surface area contributed by atoms with Crippen LogP contribution in [0, 0.1) is 0 Å². The van der Waals surface area contributed by atoms with Crippen molar-refractivity contribution in [2.75, 3.05) is 0 Å². The van der Waals surface area contributed by atoms with Gasteiger partial charge in [-0.3, -0.25) is 5.32 Å². The highest BCUT2D eigenvalue weighted by Gasteiger charge is 2.27. The first kappa shape index (κ1) is 32.9. The molecule has 11 rings (SSSR count). The summed E-state index contributed by atoms with van der Waals surface area (Å²) >= 11 is 1.87. The summed E-state index contributed by atoms with van der Waals surface area (Å²) in [5, 5.41) is 12.7. The molecule has 0 saturated carbocycles. The quantitative estimate of drug-likeness (QED) is 0.178. The first-order valence-corrected chi connectivity index (χ1v) is 20.2. The molecule has 5 heteroatoms. The molecule has 268 valence electrons. The number of aliphatic imine (C=N–C) groups is 1. The van der Waals surface area contributed by atoms with Gasteiger partial charge < -0.3 is 9.88 Å². The van der Waals surface area contributed by atoms with Crippen molar-refractivity contribution in [2.24, 2.45) is 4.99 Å². The molecule has 9 aromatic rings. The number of benzene rings is 7. The second-order valence-corrected chi connectivity index (χ2v) is 15.8. The highest BCUT2D eigenvalue weighted by atomic mass is 32.1. The zero-order chi connectivity index (χ0) is 37.0. The van der Waals surface area contributed by atoms with Crippen molar-refractivity contribution < 1.29 is 0 Å². The molecule has 0 radical (unpaired) electrons. The number of allylic oxidation sites excluding steroid dienone is 3. The Morgan fingerprint density at radius 3 is 2.16 bits per heavy atom. The second kappa shape index (κ2) is 13.6. The molecule has 0 amide bonds. The van der Waals surface area contributed by atoms with Crippen LogP contribution >= 0.6 is 11.3 Å². The molecule has 0 saturated heterocycles. The van der Waals surface area contributed by atoms with Gasteiger partial charge in [0, 0.05) is 42.2 Å². The van der Waals surface area contributed by atoms with Gasteiger partial charge in [-0.1, -0.05) is 146 Å². The largest absolute Gasteiger partial charge is 0.350 e. The van der Waals surface area contributed by atoms with Crippen LogP contribution in [0.15, 0.2) is 193 Å². The molecular weight excluding hydrogens is 701 g/mol. The lowest BCUT2D eigenvalue weighted by Crippen LogP contribution is -2.49. The van der Waals surface area contributed by atoms with Gasteiger partial charge in [-0.05, 0) is 82.6 Å². The van der Waals surface area contributed by atoms with E-state index in [1.807, 2.05) is 11.3 Å². The Balaban J connectivity index is 0.986. The molecule has 4 nitrogen and oxygen atoms in total. The third-order valence-corrected chi connectivity index (χ3v) is 12.5. The Morgan fingerprint density at radius 1 is 0.589 bits per heavy atom. The van der Waals surface area contributed by atoms with Crippen molar-refractivity contribution in [2.45, 2.75) is 25.2 Å². The summed E-state index contributed by atoms with van der Waals surface area (Å²) in [7, 11) is 0. The van der Waals surface area contributed by atoms with Crippen molar-refractivity contribution in [3.63, 3.8) is 0 Å². The Labute approximate surface area is 329 Å². The third kappa shape index (κ3) is 5.59. The fraction of sp³-hybridized carbons (Fsp3) is 0.0784. The lowest BCUT2D eigenvalue weighted by Gasteiger charge is -2.33. The second-order valence-electron chi connectivity index (χ2n) is 14.7. The zero-order valence-electron chi connectivity index (χ0n) is 30.7. The fourth-order valence-electron chi connectivity index (χ4n) is 8.73. The van der Waals surface area contributed by atoms with Crippen LogP contribution < -0.4 is 10.6 Å². The monoisotopic (exact) mass is 738 g/mol. The number of thiophene rings is 1. The van der Waals surface area contributed by atoms with Crippen LogP contribution in [0.5, 0.6) is 0 Å². The summed E-state index contributed by atoms with van der Waals surface area (Å²) in [5.74, 6) is 0.917. The van der Waals surface area contributed by atoms with E-state index in [0.717, 1.165) is 29.9 Å². The van der Waals surface area contributed by atoms with E-state index in [1.165, 1.54) is 75.4 Å². The SMILES string of the molecule is C1=CCCC(C2N=C(c3ccccc3)N[C@H](c3ccc(-c4cccc5c4c4ccccc4n5-c4cccc(-c5cccc6sc7ccccc7c56)c4)cc3)N2)=C1.